The van der Waals surface area contributed by atoms with Gasteiger partial charge in [-0.05, 0) is 12.1 Å². The summed E-state index contributed by atoms with van der Waals surface area (Å²) in [6.45, 7) is -0.987. The molecule has 0 atom stereocenters. The number of ketones is 1. The molecule has 6 nitrogen and oxygen atoms in total. The number of carbonyl (C=O) groups excluding carboxylic acids is 2. The monoisotopic (exact) mass is 208 g/mol. The number of hydrogen-bond donors (Lipinski definition) is 1. The highest BCUT2D eigenvalue weighted by molar-refractivity contribution is 6.41. The number of carbonyl (C=O) groups is 2. The van der Waals surface area contributed by atoms with Crippen LogP contribution in [0.15, 0.2) is 30.3 Å². The molecule has 1 amide bonds. The number of para-hydroxylation sites is 1. The summed E-state index contributed by atoms with van der Waals surface area (Å²) in [5.74, 6) is -2.04. The van der Waals surface area contributed by atoms with Gasteiger partial charge >= 0.3 is 0 Å². The Bertz CT molecular complexity index is 388. The maximum atomic E-state index is 11.1. The molecular weight excluding hydrogens is 200 g/mol. The zero-order valence-electron chi connectivity index (χ0n) is 7.67. The van der Waals surface area contributed by atoms with Crippen LogP contribution >= 0.6 is 0 Å². The second-order valence-electron chi connectivity index (χ2n) is 2.73. The molecule has 0 aliphatic heterocycles. The van der Waals surface area contributed by atoms with Crippen LogP contribution in [0.25, 0.3) is 0 Å². The lowest BCUT2D eigenvalue weighted by Gasteiger charge is -2.01. The highest BCUT2D eigenvalue weighted by Crippen LogP contribution is 2.04. The molecule has 0 saturated carbocycles. The van der Waals surface area contributed by atoms with Crippen LogP contribution in [0.4, 0.5) is 5.69 Å². The van der Waals surface area contributed by atoms with E-state index in [2.05, 4.69) is 5.32 Å². The van der Waals surface area contributed by atoms with Gasteiger partial charge in [-0.25, -0.2) is 0 Å². The van der Waals surface area contributed by atoms with Crippen molar-refractivity contribution in [2.75, 3.05) is 11.9 Å². The Morgan fingerprint density at radius 3 is 2.40 bits per heavy atom. The molecule has 0 radical (unpaired) electrons. The second-order valence-corrected chi connectivity index (χ2v) is 2.73. The lowest BCUT2D eigenvalue weighted by atomic mass is 10.3. The van der Waals surface area contributed by atoms with Gasteiger partial charge in [-0.15, -0.1) is 0 Å². The molecule has 1 aromatic rings. The predicted molar refractivity (Wildman–Crippen MR) is 51.9 cm³/mol. The van der Waals surface area contributed by atoms with Crippen molar-refractivity contribution in [2.45, 2.75) is 0 Å². The first-order chi connectivity index (χ1) is 7.09. The number of benzene rings is 1. The number of amides is 1. The van der Waals surface area contributed by atoms with Gasteiger partial charge in [-0.3, -0.25) is 19.7 Å². The van der Waals surface area contributed by atoms with Crippen LogP contribution in [0.3, 0.4) is 0 Å². The van der Waals surface area contributed by atoms with Crippen LogP contribution in [-0.4, -0.2) is 23.2 Å². The molecule has 0 aromatic heterocycles. The maximum absolute atomic E-state index is 11.1. The van der Waals surface area contributed by atoms with E-state index in [0.717, 1.165) is 0 Å². The summed E-state index contributed by atoms with van der Waals surface area (Å²) in [5.41, 5.74) is 0.430. The van der Waals surface area contributed by atoms with Crippen LogP contribution in [0, 0.1) is 10.1 Å². The minimum Gasteiger partial charge on any atom is -0.319 e. The van der Waals surface area contributed by atoms with E-state index in [1.807, 2.05) is 0 Å². The van der Waals surface area contributed by atoms with Crippen molar-refractivity contribution in [1.29, 1.82) is 0 Å². The van der Waals surface area contributed by atoms with Crippen LogP contribution in [-0.2, 0) is 9.59 Å². The highest BCUT2D eigenvalue weighted by atomic mass is 16.6. The van der Waals surface area contributed by atoms with E-state index in [4.69, 9.17) is 0 Å². The molecule has 0 spiro atoms. The third kappa shape index (κ3) is 3.55. The Labute approximate surface area is 85.1 Å². The predicted octanol–water partition coefficient (Wildman–Crippen LogP) is 0.471. The van der Waals surface area contributed by atoms with E-state index in [9.17, 15) is 19.7 Å². The highest BCUT2D eigenvalue weighted by Gasteiger charge is 2.19. The molecule has 0 unspecified atom stereocenters. The molecule has 1 aromatic carbocycles. The average molecular weight is 208 g/mol. The van der Waals surface area contributed by atoms with Gasteiger partial charge in [0.25, 0.3) is 18.2 Å². The van der Waals surface area contributed by atoms with Crippen molar-refractivity contribution >= 4 is 17.4 Å². The first-order valence-electron chi connectivity index (χ1n) is 4.10. The number of Topliss-reactive ketones (excluding diaryl/α,β-unsaturated/α-hetero) is 1. The minimum atomic E-state index is -1.07. The number of anilines is 1. The SMILES string of the molecule is O=C(C[N+](=O)[O-])C(=O)Nc1ccccc1. The van der Waals surface area contributed by atoms with Crippen molar-refractivity contribution in [1.82, 2.24) is 0 Å². The third-order valence-corrected chi connectivity index (χ3v) is 1.56. The maximum Gasteiger partial charge on any atom is 0.298 e. The van der Waals surface area contributed by atoms with E-state index in [0.29, 0.717) is 5.69 Å². The standard InChI is InChI=1S/C9H8N2O4/c12-8(6-11(14)15)9(13)10-7-4-2-1-3-5-7/h1-5H,6H2,(H,10,13). The first kappa shape index (κ1) is 10.8. The van der Waals surface area contributed by atoms with Gasteiger partial charge < -0.3 is 5.32 Å². The first-order valence-corrected chi connectivity index (χ1v) is 4.10. The molecule has 1 rings (SSSR count). The summed E-state index contributed by atoms with van der Waals surface area (Å²) in [6, 6.07) is 8.25. The largest absolute Gasteiger partial charge is 0.319 e. The van der Waals surface area contributed by atoms with Gasteiger partial charge in [0.1, 0.15) is 0 Å². The lowest BCUT2D eigenvalue weighted by Crippen LogP contribution is -2.28. The fourth-order valence-corrected chi connectivity index (χ4v) is 0.911. The molecule has 0 fully saturated rings. The zero-order valence-corrected chi connectivity index (χ0v) is 7.67. The smallest absolute Gasteiger partial charge is 0.298 e. The zero-order chi connectivity index (χ0) is 11.3. The van der Waals surface area contributed by atoms with Crippen molar-refractivity contribution in [3.63, 3.8) is 0 Å². The van der Waals surface area contributed by atoms with Crippen molar-refractivity contribution in [3.05, 3.63) is 40.4 Å². The molecule has 0 bridgehead atoms. The van der Waals surface area contributed by atoms with E-state index in [1.165, 1.54) is 0 Å². The van der Waals surface area contributed by atoms with Crippen LogP contribution in [0.5, 0.6) is 0 Å². The fraction of sp³-hybridized carbons (Fsp3) is 0.111. The Balaban J connectivity index is 2.56. The summed E-state index contributed by atoms with van der Waals surface area (Å²) >= 11 is 0. The van der Waals surface area contributed by atoms with Crippen LogP contribution in [0.1, 0.15) is 0 Å². The topological polar surface area (TPSA) is 89.3 Å². The lowest BCUT2D eigenvalue weighted by molar-refractivity contribution is -0.466. The molecule has 0 heterocycles. The number of nitrogens with one attached hydrogen (secondary N) is 1. The molecule has 0 aliphatic rings. The summed E-state index contributed by atoms with van der Waals surface area (Å²) in [7, 11) is 0. The quantitative estimate of drug-likeness (QED) is 0.442. The Morgan fingerprint density at radius 1 is 1.27 bits per heavy atom. The van der Waals surface area contributed by atoms with E-state index in [-0.39, 0.29) is 0 Å². The van der Waals surface area contributed by atoms with E-state index in [1.54, 1.807) is 30.3 Å². The van der Waals surface area contributed by atoms with Gasteiger partial charge in [0.05, 0.1) is 0 Å². The third-order valence-electron chi connectivity index (χ3n) is 1.56. The fourth-order valence-electron chi connectivity index (χ4n) is 0.911. The van der Waals surface area contributed by atoms with Crippen molar-refractivity contribution < 1.29 is 14.5 Å². The second kappa shape index (κ2) is 4.85. The minimum absolute atomic E-state index is 0.430. The Kier molecular flexibility index (Phi) is 3.50. The summed E-state index contributed by atoms with van der Waals surface area (Å²) in [5, 5.41) is 12.2. The molecule has 15 heavy (non-hydrogen) atoms. The normalized spacial score (nSPS) is 9.33. The van der Waals surface area contributed by atoms with Crippen LogP contribution in [0.2, 0.25) is 0 Å². The molecule has 6 heteroatoms. The van der Waals surface area contributed by atoms with E-state index >= 15 is 0 Å². The molecule has 1 N–H and O–H groups in total. The Morgan fingerprint density at radius 2 is 1.87 bits per heavy atom. The van der Waals surface area contributed by atoms with Crippen LogP contribution < -0.4 is 5.32 Å². The van der Waals surface area contributed by atoms with Gasteiger partial charge in [0.15, 0.2) is 0 Å². The number of nitrogens with zero attached hydrogens (tertiary/aromatic N) is 1. The molecule has 0 saturated heterocycles. The van der Waals surface area contributed by atoms with E-state index < -0.39 is 23.2 Å². The average Bonchev–Trinajstić information content (AvgIpc) is 2.18. The number of rotatable bonds is 4. The van der Waals surface area contributed by atoms with Gasteiger partial charge in [-0.2, -0.15) is 0 Å². The Hall–Kier alpha value is -2.24. The van der Waals surface area contributed by atoms with Gasteiger partial charge in [-0.1, -0.05) is 18.2 Å². The summed E-state index contributed by atoms with van der Waals surface area (Å²) in [4.78, 5) is 31.1. The van der Waals surface area contributed by atoms with Gasteiger partial charge in [0.2, 0.25) is 0 Å². The number of nitro groups is 1. The molecule has 78 valence electrons. The number of hydrogen-bond acceptors (Lipinski definition) is 4. The van der Waals surface area contributed by atoms with Gasteiger partial charge in [0, 0.05) is 10.6 Å². The summed E-state index contributed by atoms with van der Waals surface area (Å²) < 4.78 is 0. The molecule has 0 aliphatic carbocycles. The van der Waals surface area contributed by atoms with Crippen molar-refractivity contribution in [3.8, 4) is 0 Å². The van der Waals surface area contributed by atoms with Crippen molar-refractivity contribution in [2.24, 2.45) is 0 Å². The summed E-state index contributed by atoms with van der Waals surface area (Å²) in [6.07, 6.45) is 0. The molecular formula is C9H8N2O4.